The highest BCUT2D eigenvalue weighted by Gasteiger charge is 2.10. The first-order valence-corrected chi connectivity index (χ1v) is 12.5. The van der Waals surface area contributed by atoms with Crippen LogP contribution in [0.5, 0.6) is 0 Å². The lowest BCUT2D eigenvalue weighted by Crippen LogP contribution is -1.87. The maximum Gasteiger partial charge on any atom is -0.00266 e. The van der Waals surface area contributed by atoms with Gasteiger partial charge in [0.05, 0.1) is 0 Å². The van der Waals surface area contributed by atoms with E-state index in [9.17, 15) is 0 Å². The zero-order valence-electron chi connectivity index (χ0n) is 20.7. The maximum absolute atomic E-state index is 2.32. The fourth-order valence-corrected chi connectivity index (χ4v) is 5.16. The number of rotatable bonds is 1. The van der Waals surface area contributed by atoms with Crippen molar-refractivity contribution in [1.29, 1.82) is 0 Å². The molecule has 0 heterocycles. The molecule has 172 valence electrons. The van der Waals surface area contributed by atoms with Crippen molar-refractivity contribution in [2.75, 3.05) is 0 Å². The van der Waals surface area contributed by atoms with E-state index in [4.69, 9.17) is 0 Å². The number of hydrogen-bond donors (Lipinski definition) is 0. The standard InChI is InChI=1S/C25H18.C11H10/c1-17-10-13-24-22(14-17)16-20-8-4-5-9-23(20)25(24)21-12-11-18-6-2-3-7-19(18)15-21;1-9-6-7-10-4-2-3-5-11(10)8-9/h2-16H,1H3;2-8H,1H3. The van der Waals surface area contributed by atoms with Crippen molar-refractivity contribution in [1.82, 2.24) is 0 Å². The van der Waals surface area contributed by atoms with Gasteiger partial charge in [0.1, 0.15) is 0 Å². The van der Waals surface area contributed by atoms with E-state index in [1.54, 1.807) is 0 Å². The molecule has 0 radical (unpaired) electrons. The van der Waals surface area contributed by atoms with Crippen molar-refractivity contribution in [3.8, 4) is 11.1 Å². The smallest absolute Gasteiger partial charge is 0.00266 e. The number of benzene rings is 7. The Labute approximate surface area is 212 Å². The Kier molecular flexibility index (Phi) is 5.71. The molecule has 0 unspecified atom stereocenters. The summed E-state index contributed by atoms with van der Waals surface area (Å²) in [6.07, 6.45) is 0. The van der Waals surface area contributed by atoms with Crippen molar-refractivity contribution < 1.29 is 0 Å². The highest BCUT2D eigenvalue weighted by molar-refractivity contribution is 6.13. The lowest BCUT2D eigenvalue weighted by Gasteiger charge is -2.13. The second-order valence-corrected chi connectivity index (χ2v) is 9.61. The van der Waals surface area contributed by atoms with Crippen LogP contribution in [-0.4, -0.2) is 0 Å². The Morgan fingerprint density at radius 3 is 1.56 bits per heavy atom. The van der Waals surface area contributed by atoms with Crippen LogP contribution in [0.4, 0.5) is 0 Å². The molecule has 7 aromatic carbocycles. The number of fused-ring (bicyclic) bond motifs is 4. The summed E-state index contributed by atoms with van der Waals surface area (Å²) >= 11 is 0. The van der Waals surface area contributed by atoms with Crippen molar-refractivity contribution >= 4 is 43.1 Å². The molecule has 0 N–H and O–H groups in total. The Morgan fingerprint density at radius 2 is 0.833 bits per heavy atom. The highest BCUT2D eigenvalue weighted by atomic mass is 14.1. The molecule has 0 bridgehead atoms. The van der Waals surface area contributed by atoms with Gasteiger partial charge in [0.2, 0.25) is 0 Å². The number of hydrogen-bond acceptors (Lipinski definition) is 0. The van der Waals surface area contributed by atoms with Crippen LogP contribution in [0.1, 0.15) is 11.1 Å². The van der Waals surface area contributed by atoms with E-state index in [2.05, 4.69) is 147 Å². The molecular formula is C36H28. The molecule has 0 saturated carbocycles. The van der Waals surface area contributed by atoms with Gasteiger partial charge in [-0.15, -0.1) is 0 Å². The summed E-state index contributed by atoms with van der Waals surface area (Å²) in [5, 5.41) is 10.4. The fourth-order valence-electron chi connectivity index (χ4n) is 5.16. The minimum Gasteiger partial charge on any atom is -0.0616 e. The molecule has 0 atom stereocenters. The predicted octanol–water partition coefficient (Wildman–Crippen LogP) is 10.3. The van der Waals surface area contributed by atoms with Gasteiger partial charge in [-0.25, -0.2) is 0 Å². The average molecular weight is 461 g/mol. The Bertz CT molecular complexity index is 1860. The summed E-state index contributed by atoms with van der Waals surface area (Å²) < 4.78 is 0. The van der Waals surface area contributed by atoms with Crippen molar-refractivity contribution in [3.05, 3.63) is 145 Å². The summed E-state index contributed by atoms with van der Waals surface area (Å²) in [5.74, 6) is 0. The van der Waals surface area contributed by atoms with Gasteiger partial charge in [0.25, 0.3) is 0 Å². The van der Waals surface area contributed by atoms with E-state index < -0.39 is 0 Å². The monoisotopic (exact) mass is 460 g/mol. The molecule has 0 amide bonds. The van der Waals surface area contributed by atoms with E-state index in [0.29, 0.717) is 0 Å². The van der Waals surface area contributed by atoms with Gasteiger partial charge in [-0.05, 0) is 80.2 Å². The van der Waals surface area contributed by atoms with Crippen LogP contribution < -0.4 is 0 Å². The maximum atomic E-state index is 2.32. The minimum atomic E-state index is 1.28. The van der Waals surface area contributed by atoms with Crippen LogP contribution in [-0.2, 0) is 0 Å². The van der Waals surface area contributed by atoms with Crippen molar-refractivity contribution in [2.45, 2.75) is 13.8 Å². The first kappa shape index (κ1) is 22.1. The first-order chi connectivity index (χ1) is 17.7. The average Bonchev–Trinajstić information content (AvgIpc) is 2.91. The fraction of sp³-hybridized carbons (Fsp3) is 0.0556. The van der Waals surface area contributed by atoms with E-state index in [0.717, 1.165) is 0 Å². The minimum absolute atomic E-state index is 1.28. The third kappa shape index (κ3) is 4.23. The van der Waals surface area contributed by atoms with E-state index in [1.165, 1.54) is 65.3 Å². The molecule has 0 aliphatic heterocycles. The van der Waals surface area contributed by atoms with E-state index in [-0.39, 0.29) is 0 Å². The topological polar surface area (TPSA) is 0 Å². The second-order valence-electron chi connectivity index (χ2n) is 9.61. The zero-order valence-corrected chi connectivity index (χ0v) is 20.7. The summed E-state index contributed by atoms with van der Waals surface area (Å²) in [4.78, 5) is 0. The van der Waals surface area contributed by atoms with Gasteiger partial charge in [0, 0.05) is 0 Å². The molecule has 0 aromatic heterocycles. The normalized spacial score (nSPS) is 11.1. The van der Waals surface area contributed by atoms with Gasteiger partial charge in [-0.3, -0.25) is 0 Å². The molecule has 0 heteroatoms. The molecule has 36 heavy (non-hydrogen) atoms. The number of aryl methyl sites for hydroxylation is 2. The molecule has 0 spiro atoms. The third-order valence-corrected chi connectivity index (χ3v) is 6.96. The molecule has 0 nitrogen and oxygen atoms in total. The largest absolute Gasteiger partial charge is 0.0616 e. The summed E-state index contributed by atoms with van der Waals surface area (Å²) in [7, 11) is 0. The molecule has 0 saturated heterocycles. The van der Waals surface area contributed by atoms with Crippen LogP contribution in [0.15, 0.2) is 133 Å². The third-order valence-electron chi connectivity index (χ3n) is 6.96. The second kappa shape index (κ2) is 9.32. The van der Waals surface area contributed by atoms with E-state index >= 15 is 0 Å². The van der Waals surface area contributed by atoms with Crippen LogP contribution in [0.25, 0.3) is 54.2 Å². The van der Waals surface area contributed by atoms with E-state index in [1.807, 2.05) is 0 Å². The van der Waals surface area contributed by atoms with Gasteiger partial charge in [-0.2, -0.15) is 0 Å². The van der Waals surface area contributed by atoms with Gasteiger partial charge < -0.3 is 0 Å². The Morgan fingerprint density at radius 1 is 0.333 bits per heavy atom. The molecule has 7 rings (SSSR count). The Hall–Kier alpha value is -4.42. The highest BCUT2D eigenvalue weighted by Crippen LogP contribution is 2.37. The van der Waals surface area contributed by atoms with Crippen LogP contribution >= 0.6 is 0 Å². The summed E-state index contributed by atoms with van der Waals surface area (Å²) in [6.45, 7) is 4.27. The molecule has 7 aromatic rings. The van der Waals surface area contributed by atoms with Crippen molar-refractivity contribution in [2.24, 2.45) is 0 Å². The lowest BCUT2D eigenvalue weighted by atomic mass is 9.90. The van der Waals surface area contributed by atoms with Crippen LogP contribution in [0.2, 0.25) is 0 Å². The zero-order chi connectivity index (χ0) is 24.5. The molecule has 0 aliphatic carbocycles. The van der Waals surface area contributed by atoms with Gasteiger partial charge in [-0.1, -0.05) is 132 Å². The summed E-state index contributed by atoms with van der Waals surface area (Å²) in [6, 6.07) is 48.0. The molecule has 0 fully saturated rings. The lowest BCUT2D eigenvalue weighted by molar-refractivity contribution is 1.51. The SMILES string of the molecule is Cc1ccc2c(-c3ccc4ccccc4c3)c3ccccc3cc2c1.Cc1ccc2ccccc2c1. The van der Waals surface area contributed by atoms with Gasteiger partial charge in [0.15, 0.2) is 0 Å². The summed E-state index contributed by atoms with van der Waals surface area (Å²) in [5.41, 5.74) is 5.24. The van der Waals surface area contributed by atoms with Crippen molar-refractivity contribution in [3.63, 3.8) is 0 Å². The van der Waals surface area contributed by atoms with Gasteiger partial charge >= 0.3 is 0 Å². The first-order valence-electron chi connectivity index (χ1n) is 12.5. The predicted molar refractivity (Wildman–Crippen MR) is 158 cm³/mol. The molecule has 0 aliphatic rings. The molecular weight excluding hydrogens is 432 g/mol. The Balaban J connectivity index is 0.000000183. The quantitative estimate of drug-likeness (QED) is 0.214. The van der Waals surface area contributed by atoms with Crippen LogP contribution in [0, 0.1) is 13.8 Å². The van der Waals surface area contributed by atoms with Crippen LogP contribution in [0.3, 0.4) is 0 Å².